The lowest BCUT2D eigenvalue weighted by atomic mass is 9.90. The van der Waals surface area contributed by atoms with Crippen LogP contribution in [0.15, 0.2) is 24.3 Å². The topological polar surface area (TPSA) is 24.5 Å². The smallest absolute Gasteiger partial charge is 0.119 e. The van der Waals surface area contributed by atoms with Crippen LogP contribution >= 0.6 is 24.8 Å². The van der Waals surface area contributed by atoms with E-state index in [9.17, 15) is 0 Å². The van der Waals surface area contributed by atoms with Crippen molar-refractivity contribution in [2.24, 2.45) is 5.92 Å². The predicted molar refractivity (Wildman–Crippen MR) is 94.1 cm³/mol. The molecule has 1 aromatic carbocycles. The molecule has 1 unspecified atom stereocenters. The number of nitrogens with zero attached hydrogens (tertiary/aromatic N) is 1. The number of hydrogen-bond donors (Lipinski definition) is 1. The molecule has 1 aliphatic rings. The van der Waals surface area contributed by atoms with Gasteiger partial charge in [-0.05, 0) is 23.6 Å². The first-order valence-electron chi connectivity index (χ1n) is 7.35. The molecule has 3 nitrogen and oxygen atoms in total. The van der Waals surface area contributed by atoms with E-state index in [1.807, 2.05) is 6.07 Å². The van der Waals surface area contributed by atoms with Crippen molar-refractivity contribution in [1.82, 2.24) is 10.2 Å². The molecule has 0 aliphatic carbocycles. The molecule has 122 valence electrons. The number of hydrogen-bond acceptors (Lipinski definition) is 3. The minimum Gasteiger partial charge on any atom is -0.497 e. The normalized spacial score (nSPS) is 18.0. The van der Waals surface area contributed by atoms with Gasteiger partial charge in [0.25, 0.3) is 0 Å². The van der Waals surface area contributed by atoms with Crippen molar-refractivity contribution in [2.75, 3.05) is 33.3 Å². The molecule has 0 aromatic heterocycles. The number of benzene rings is 1. The molecule has 0 radical (unpaired) electrons. The van der Waals surface area contributed by atoms with Crippen LogP contribution in [-0.2, 0) is 0 Å². The van der Waals surface area contributed by atoms with Gasteiger partial charge >= 0.3 is 0 Å². The zero-order valence-electron chi connectivity index (χ0n) is 13.2. The van der Waals surface area contributed by atoms with Gasteiger partial charge < -0.3 is 10.1 Å². The zero-order chi connectivity index (χ0) is 13.7. The van der Waals surface area contributed by atoms with E-state index in [1.165, 1.54) is 12.0 Å². The van der Waals surface area contributed by atoms with Gasteiger partial charge in [0.1, 0.15) is 5.75 Å². The van der Waals surface area contributed by atoms with Crippen LogP contribution < -0.4 is 10.1 Å². The average Bonchev–Trinajstić information content (AvgIpc) is 2.48. The van der Waals surface area contributed by atoms with Crippen LogP contribution in [0.3, 0.4) is 0 Å². The molecule has 21 heavy (non-hydrogen) atoms. The molecule has 0 saturated carbocycles. The third-order valence-corrected chi connectivity index (χ3v) is 4.16. The minimum absolute atomic E-state index is 0. The number of piperazine rings is 1. The maximum atomic E-state index is 5.37. The van der Waals surface area contributed by atoms with Crippen molar-refractivity contribution in [3.8, 4) is 5.75 Å². The Hall–Kier alpha value is -0.480. The molecule has 1 N–H and O–H groups in total. The summed E-state index contributed by atoms with van der Waals surface area (Å²) in [7, 11) is 1.74. The van der Waals surface area contributed by atoms with Crippen LogP contribution in [0.5, 0.6) is 5.75 Å². The summed E-state index contributed by atoms with van der Waals surface area (Å²) in [5, 5.41) is 3.43. The van der Waals surface area contributed by atoms with Gasteiger partial charge in [0, 0.05) is 32.2 Å². The molecule has 1 aliphatic heterocycles. The third kappa shape index (κ3) is 5.33. The van der Waals surface area contributed by atoms with Crippen molar-refractivity contribution < 1.29 is 4.74 Å². The Bertz CT molecular complexity index is 398. The monoisotopic (exact) mass is 334 g/mol. The Labute approximate surface area is 141 Å². The summed E-state index contributed by atoms with van der Waals surface area (Å²) in [5.74, 6) is 1.62. The molecular weight excluding hydrogens is 307 g/mol. The van der Waals surface area contributed by atoms with Gasteiger partial charge in [0.2, 0.25) is 0 Å². The van der Waals surface area contributed by atoms with E-state index in [1.54, 1.807) is 7.11 Å². The van der Waals surface area contributed by atoms with Gasteiger partial charge in [0.05, 0.1) is 7.11 Å². The van der Waals surface area contributed by atoms with E-state index in [2.05, 4.69) is 42.3 Å². The minimum atomic E-state index is 0. The third-order valence-electron chi connectivity index (χ3n) is 4.16. The van der Waals surface area contributed by atoms with Crippen molar-refractivity contribution in [3.05, 3.63) is 29.8 Å². The average molecular weight is 335 g/mol. The van der Waals surface area contributed by atoms with E-state index in [0.29, 0.717) is 12.0 Å². The van der Waals surface area contributed by atoms with Crippen molar-refractivity contribution in [3.63, 3.8) is 0 Å². The second-order valence-corrected chi connectivity index (χ2v) is 5.39. The van der Waals surface area contributed by atoms with Crippen molar-refractivity contribution in [1.29, 1.82) is 0 Å². The SMILES string of the molecule is CCC(C)[C@H](c1cccc(OC)c1)N1CCNCC1.Cl.Cl. The summed E-state index contributed by atoms with van der Waals surface area (Å²) in [6.45, 7) is 9.08. The van der Waals surface area contributed by atoms with Gasteiger partial charge in [-0.15, -0.1) is 24.8 Å². The first kappa shape index (κ1) is 20.5. The molecule has 1 fully saturated rings. The molecule has 5 heteroatoms. The predicted octanol–water partition coefficient (Wildman–Crippen LogP) is 3.53. The van der Waals surface area contributed by atoms with Gasteiger partial charge in [0.15, 0.2) is 0 Å². The van der Waals surface area contributed by atoms with E-state index < -0.39 is 0 Å². The largest absolute Gasteiger partial charge is 0.497 e. The maximum absolute atomic E-state index is 5.37. The second-order valence-electron chi connectivity index (χ2n) is 5.39. The Balaban J connectivity index is 0.00000200. The molecule has 0 amide bonds. The van der Waals surface area contributed by atoms with Crippen LogP contribution in [0.4, 0.5) is 0 Å². The van der Waals surface area contributed by atoms with Crippen LogP contribution in [-0.4, -0.2) is 38.2 Å². The highest BCUT2D eigenvalue weighted by atomic mass is 35.5. The summed E-state index contributed by atoms with van der Waals surface area (Å²) in [5.41, 5.74) is 1.38. The first-order chi connectivity index (χ1) is 9.26. The molecule has 2 atom stereocenters. The molecule has 1 heterocycles. The lowest BCUT2D eigenvalue weighted by Crippen LogP contribution is -2.46. The highest BCUT2D eigenvalue weighted by Crippen LogP contribution is 2.32. The Morgan fingerprint density at radius 1 is 1.24 bits per heavy atom. The summed E-state index contributed by atoms with van der Waals surface area (Å²) in [4.78, 5) is 2.61. The number of ether oxygens (including phenoxy) is 1. The van der Waals surface area contributed by atoms with Gasteiger partial charge in [-0.3, -0.25) is 4.90 Å². The number of nitrogens with one attached hydrogen (secondary N) is 1. The fourth-order valence-electron chi connectivity index (χ4n) is 2.91. The highest BCUT2D eigenvalue weighted by Gasteiger charge is 2.26. The number of rotatable bonds is 5. The molecule has 2 rings (SSSR count). The van der Waals surface area contributed by atoms with Gasteiger partial charge in [-0.1, -0.05) is 32.4 Å². The number of halogens is 2. The lowest BCUT2D eigenvalue weighted by molar-refractivity contribution is 0.128. The standard InChI is InChI=1S/C16H26N2O.2ClH/c1-4-13(2)16(18-10-8-17-9-11-18)14-6-5-7-15(12-14)19-3;;/h5-7,12-13,16-17H,4,8-11H2,1-3H3;2*1H/t13?,16-;;/m1../s1. The van der Waals surface area contributed by atoms with Crippen LogP contribution in [0.2, 0.25) is 0 Å². The Kier molecular flexibility index (Phi) is 10.0. The van der Waals surface area contributed by atoms with E-state index in [0.717, 1.165) is 31.9 Å². The lowest BCUT2D eigenvalue weighted by Gasteiger charge is -2.38. The molecule has 1 saturated heterocycles. The molecule has 1 aromatic rings. The highest BCUT2D eigenvalue weighted by molar-refractivity contribution is 5.85. The quantitative estimate of drug-likeness (QED) is 0.891. The molecule has 0 spiro atoms. The summed E-state index contributed by atoms with van der Waals surface area (Å²) < 4.78 is 5.37. The maximum Gasteiger partial charge on any atom is 0.119 e. The fourth-order valence-corrected chi connectivity index (χ4v) is 2.91. The second kappa shape index (κ2) is 10.3. The van der Waals surface area contributed by atoms with E-state index in [-0.39, 0.29) is 24.8 Å². The fraction of sp³-hybridized carbons (Fsp3) is 0.625. The Morgan fingerprint density at radius 2 is 1.90 bits per heavy atom. The summed E-state index contributed by atoms with van der Waals surface area (Å²) in [6, 6.07) is 9.06. The summed E-state index contributed by atoms with van der Waals surface area (Å²) >= 11 is 0. The first-order valence-corrected chi connectivity index (χ1v) is 7.35. The van der Waals surface area contributed by atoms with Gasteiger partial charge in [-0.2, -0.15) is 0 Å². The molecular formula is C16H28Cl2N2O. The van der Waals surface area contributed by atoms with E-state index in [4.69, 9.17) is 4.74 Å². The van der Waals surface area contributed by atoms with E-state index >= 15 is 0 Å². The number of methoxy groups -OCH3 is 1. The van der Waals surface area contributed by atoms with Crippen LogP contribution in [0, 0.1) is 5.92 Å². The zero-order valence-corrected chi connectivity index (χ0v) is 14.8. The van der Waals surface area contributed by atoms with Crippen LogP contribution in [0.25, 0.3) is 0 Å². The van der Waals surface area contributed by atoms with Crippen LogP contribution in [0.1, 0.15) is 31.9 Å². The van der Waals surface area contributed by atoms with Gasteiger partial charge in [-0.25, -0.2) is 0 Å². The summed E-state index contributed by atoms with van der Waals surface area (Å²) in [6.07, 6.45) is 1.20. The molecule has 0 bridgehead atoms. The van der Waals surface area contributed by atoms with Crippen molar-refractivity contribution >= 4 is 24.8 Å². The Morgan fingerprint density at radius 3 is 2.48 bits per heavy atom. The van der Waals surface area contributed by atoms with Crippen molar-refractivity contribution in [2.45, 2.75) is 26.3 Å².